The molecular weight excluding hydrogens is 302 g/mol. The molecule has 2 N–H and O–H groups in total. The molecule has 22 heavy (non-hydrogen) atoms. The molecule has 0 radical (unpaired) electrons. The van der Waals surface area contributed by atoms with Crippen LogP contribution in [0.2, 0.25) is 0 Å². The lowest BCUT2D eigenvalue weighted by molar-refractivity contribution is -0.133. The number of dihydropyridines is 1. The third-order valence-electron chi connectivity index (χ3n) is 3.74. The first-order valence-electron chi connectivity index (χ1n) is 6.81. The third-order valence-corrected chi connectivity index (χ3v) is 5.08. The largest absolute Gasteiger partial charge is 0.478 e. The average molecular weight is 321 g/mol. The van der Waals surface area contributed by atoms with Crippen molar-refractivity contribution in [1.82, 2.24) is 5.32 Å². The smallest absolute Gasteiger partial charge is 0.334 e. The fraction of sp³-hybridized carbons (Fsp3) is 0.312. The maximum atomic E-state index is 12.2. The second-order valence-electron chi connectivity index (χ2n) is 5.57. The van der Waals surface area contributed by atoms with E-state index >= 15 is 0 Å². The molecule has 1 aliphatic rings. The summed E-state index contributed by atoms with van der Waals surface area (Å²) in [7, 11) is -3.55. The van der Waals surface area contributed by atoms with Gasteiger partial charge in [-0.1, -0.05) is 29.8 Å². The number of benzene rings is 1. The lowest BCUT2D eigenvalue weighted by atomic mass is 9.86. The molecule has 1 aromatic carbocycles. The van der Waals surface area contributed by atoms with Crippen molar-refractivity contribution in [3.63, 3.8) is 0 Å². The predicted molar refractivity (Wildman–Crippen MR) is 84.9 cm³/mol. The van der Waals surface area contributed by atoms with Crippen molar-refractivity contribution in [2.24, 2.45) is 0 Å². The van der Waals surface area contributed by atoms with E-state index in [9.17, 15) is 18.3 Å². The van der Waals surface area contributed by atoms with E-state index in [1.807, 2.05) is 19.1 Å². The van der Waals surface area contributed by atoms with Gasteiger partial charge < -0.3 is 10.4 Å². The Balaban J connectivity index is 2.75. The highest BCUT2D eigenvalue weighted by Gasteiger charge is 2.37. The summed E-state index contributed by atoms with van der Waals surface area (Å²) < 4.78 is 24.4. The molecule has 0 fully saturated rings. The summed E-state index contributed by atoms with van der Waals surface area (Å²) in [5.74, 6) is -1.92. The van der Waals surface area contributed by atoms with Crippen molar-refractivity contribution in [2.75, 3.05) is 6.26 Å². The molecule has 1 unspecified atom stereocenters. The maximum absolute atomic E-state index is 12.2. The molecule has 1 aliphatic heterocycles. The minimum atomic E-state index is -3.55. The van der Waals surface area contributed by atoms with Gasteiger partial charge in [-0.3, -0.25) is 0 Å². The van der Waals surface area contributed by atoms with Gasteiger partial charge in [0.1, 0.15) is 0 Å². The van der Waals surface area contributed by atoms with Crippen LogP contribution >= 0.6 is 0 Å². The molecule has 118 valence electrons. The van der Waals surface area contributed by atoms with Crippen LogP contribution in [0, 0.1) is 6.92 Å². The molecule has 0 amide bonds. The first kappa shape index (κ1) is 16.3. The number of hydrogen-bond donors (Lipinski definition) is 2. The first-order chi connectivity index (χ1) is 10.1. The second-order valence-corrected chi connectivity index (χ2v) is 7.56. The molecule has 1 aromatic rings. The number of nitrogens with one attached hydrogen (secondary N) is 1. The van der Waals surface area contributed by atoms with Gasteiger partial charge >= 0.3 is 5.97 Å². The van der Waals surface area contributed by atoms with Crippen LogP contribution in [-0.4, -0.2) is 25.7 Å². The van der Waals surface area contributed by atoms with Gasteiger partial charge in [-0.15, -0.1) is 0 Å². The van der Waals surface area contributed by atoms with Crippen LogP contribution in [-0.2, 0) is 14.6 Å². The fourth-order valence-electron chi connectivity index (χ4n) is 2.83. The number of sulfone groups is 1. The Morgan fingerprint density at radius 1 is 1.09 bits per heavy atom. The Morgan fingerprint density at radius 2 is 1.64 bits per heavy atom. The Kier molecular flexibility index (Phi) is 4.15. The summed E-state index contributed by atoms with van der Waals surface area (Å²) in [6.07, 6.45) is 1.11. The third kappa shape index (κ3) is 2.92. The van der Waals surface area contributed by atoms with E-state index in [1.54, 1.807) is 26.0 Å². The van der Waals surface area contributed by atoms with Crippen LogP contribution in [0.5, 0.6) is 0 Å². The molecule has 5 nitrogen and oxygen atoms in total. The van der Waals surface area contributed by atoms with Crippen molar-refractivity contribution in [3.8, 4) is 0 Å². The van der Waals surface area contributed by atoms with Crippen LogP contribution in [0.25, 0.3) is 0 Å². The summed E-state index contributed by atoms with van der Waals surface area (Å²) in [5.41, 5.74) is 2.67. The Labute approximate surface area is 130 Å². The highest BCUT2D eigenvalue weighted by molar-refractivity contribution is 7.94. The molecule has 0 bridgehead atoms. The number of carboxylic acid groups (broad SMARTS) is 1. The summed E-state index contributed by atoms with van der Waals surface area (Å²) in [6.45, 7) is 5.22. The lowest BCUT2D eigenvalue weighted by Crippen LogP contribution is -2.30. The highest BCUT2D eigenvalue weighted by atomic mass is 32.2. The summed E-state index contributed by atoms with van der Waals surface area (Å²) >= 11 is 0. The summed E-state index contributed by atoms with van der Waals surface area (Å²) in [4.78, 5) is 11.8. The second kappa shape index (κ2) is 5.61. The SMILES string of the molecule is CC1=C(C(=O)O)C(c2ccc(C)cc2)C(S(C)(=O)=O)=C(C)N1. The molecular formula is C16H19NO4S. The van der Waals surface area contributed by atoms with Crippen molar-refractivity contribution >= 4 is 15.8 Å². The number of allylic oxidation sites excluding steroid dienone is 3. The van der Waals surface area contributed by atoms with Gasteiger partial charge in [0.15, 0.2) is 9.84 Å². The number of carbonyl (C=O) groups is 1. The van der Waals surface area contributed by atoms with Gasteiger partial charge in [0.25, 0.3) is 0 Å². The average Bonchev–Trinajstić information content (AvgIpc) is 2.36. The van der Waals surface area contributed by atoms with Gasteiger partial charge in [0.05, 0.1) is 16.4 Å². The van der Waals surface area contributed by atoms with Crippen LogP contribution in [0.4, 0.5) is 0 Å². The van der Waals surface area contributed by atoms with Gasteiger partial charge in [0, 0.05) is 17.6 Å². The van der Waals surface area contributed by atoms with Crippen molar-refractivity contribution in [3.05, 3.63) is 57.3 Å². The molecule has 6 heteroatoms. The first-order valence-corrected chi connectivity index (χ1v) is 8.70. The van der Waals surface area contributed by atoms with E-state index < -0.39 is 21.7 Å². The molecule has 0 aliphatic carbocycles. The van der Waals surface area contributed by atoms with Crippen LogP contribution < -0.4 is 5.32 Å². The van der Waals surface area contributed by atoms with E-state index in [2.05, 4.69) is 5.32 Å². The molecule has 2 rings (SSSR count). The Hall–Kier alpha value is -2.08. The van der Waals surface area contributed by atoms with Crippen molar-refractivity contribution < 1.29 is 18.3 Å². The van der Waals surface area contributed by atoms with Crippen molar-refractivity contribution in [2.45, 2.75) is 26.7 Å². The minimum absolute atomic E-state index is 0.0647. The minimum Gasteiger partial charge on any atom is -0.478 e. The van der Waals surface area contributed by atoms with Gasteiger partial charge in [-0.05, 0) is 26.3 Å². The standard InChI is InChI=1S/C16H19NO4S/c1-9-5-7-12(8-6-9)14-13(16(18)19)10(2)17-11(3)15(14)22(4,20)21/h5-8,14,17H,1-4H3,(H,18,19). The highest BCUT2D eigenvalue weighted by Crippen LogP contribution is 2.40. The number of hydrogen-bond acceptors (Lipinski definition) is 4. The molecule has 0 aromatic heterocycles. The van der Waals surface area contributed by atoms with Gasteiger partial charge in [-0.25, -0.2) is 13.2 Å². The number of carboxylic acids is 1. The van der Waals surface area contributed by atoms with Crippen LogP contribution in [0.1, 0.15) is 30.9 Å². The quantitative estimate of drug-likeness (QED) is 0.892. The molecule has 0 saturated carbocycles. The maximum Gasteiger partial charge on any atom is 0.334 e. The normalized spacial score (nSPS) is 19.2. The Bertz CT molecular complexity index is 786. The van der Waals surface area contributed by atoms with E-state index in [0.29, 0.717) is 17.0 Å². The van der Waals surface area contributed by atoms with E-state index in [4.69, 9.17) is 0 Å². The zero-order chi connectivity index (χ0) is 16.7. The topological polar surface area (TPSA) is 83.5 Å². The van der Waals surface area contributed by atoms with Crippen molar-refractivity contribution in [1.29, 1.82) is 0 Å². The van der Waals surface area contributed by atoms with Gasteiger partial charge in [-0.2, -0.15) is 0 Å². The molecule has 1 atom stereocenters. The number of aryl methyl sites for hydroxylation is 1. The Morgan fingerprint density at radius 3 is 2.09 bits per heavy atom. The number of aliphatic carboxylic acids is 1. The van der Waals surface area contributed by atoms with Gasteiger partial charge in [0.2, 0.25) is 0 Å². The number of rotatable bonds is 3. The van der Waals surface area contributed by atoms with E-state index in [1.165, 1.54) is 0 Å². The fourth-order valence-corrected chi connectivity index (χ4v) is 4.12. The molecule has 0 spiro atoms. The zero-order valence-corrected chi connectivity index (χ0v) is 13.8. The molecule has 0 saturated heterocycles. The molecule has 1 heterocycles. The predicted octanol–water partition coefficient (Wildman–Crippen LogP) is 2.32. The lowest BCUT2D eigenvalue weighted by Gasteiger charge is -2.29. The van der Waals surface area contributed by atoms with Crippen LogP contribution in [0.15, 0.2) is 46.1 Å². The van der Waals surface area contributed by atoms with Crippen LogP contribution in [0.3, 0.4) is 0 Å². The van der Waals surface area contributed by atoms with E-state index in [-0.39, 0.29) is 10.5 Å². The summed E-state index contributed by atoms with van der Waals surface area (Å²) in [6, 6.07) is 7.25. The zero-order valence-electron chi connectivity index (χ0n) is 13.0. The summed E-state index contributed by atoms with van der Waals surface area (Å²) in [5, 5.41) is 12.4. The monoisotopic (exact) mass is 321 g/mol. The van der Waals surface area contributed by atoms with E-state index in [0.717, 1.165) is 11.8 Å².